The number of hydrogen-bond donors (Lipinski definition) is 1. The molecule has 1 N–H and O–H groups in total. The molecule has 0 atom stereocenters. The third-order valence-corrected chi connectivity index (χ3v) is 4.31. The molecule has 2 heterocycles. The van der Waals surface area contributed by atoms with Gasteiger partial charge in [0.15, 0.2) is 0 Å². The van der Waals surface area contributed by atoms with Crippen molar-refractivity contribution in [2.75, 3.05) is 0 Å². The second-order valence-electron chi connectivity index (χ2n) is 5.61. The van der Waals surface area contributed by atoms with E-state index in [1.165, 1.54) is 18.6 Å². The van der Waals surface area contributed by atoms with Crippen LogP contribution in [-0.2, 0) is 0 Å². The number of aromatic nitrogens is 3. The lowest BCUT2D eigenvalue weighted by molar-refractivity contribution is 0.585. The molecule has 2 aromatic carbocycles. The Morgan fingerprint density at radius 1 is 0.962 bits per heavy atom. The molecule has 7 heteroatoms. The number of halogens is 3. The number of hydrogen-bond acceptors (Lipinski definition) is 3. The predicted octanol–water partition coefficient (Wildman–Crippen LogP) is 4.58. The Balaban J connectivity index is 1.97. The molecule has 26 heavy (non-hydrogen) atoms. The van der Waals surface area contributed by atoms with E-state index in [4.69, 9.17) is 11.6 Å². The number of rotatable bonds is 2. The first-order valence-electron chi connectivity index (χ1n) is 7.62. The summed E-state index contributed by atoms with van der Waals surface area (Å²) in [5, 5.41) is 0.203. The van der Waals surface area contributed by atoms with Crippen LogP contribution in [0.25, 0.3) is 33.3 Å². The highest BCUT2D eigenvalue weighted by Crippen LogP contribution is 2.34. The van der Waals surface area contributed by atoms with Crippen LogP contribution in [0, 0.1) is 11.6 Å². The smallest absolute Gasteiger partial charge is 0.258 e. The van der Waals surface area contributed by atoms with Crippen molar-refractivity contribution >= 4 is 22.5 Å². The first-order valence-corrected chi connectivity index (χ1v) is 8.00. The number of pyridine rings is 1. The van der Waals surface area contributed by atoms with Crippen molar-refractivity contribution in [3.63, 3.8) is 0 Å². The summed E-state index contributed by atoms with van der Waals surface area (Å²) in [5.74, 6) is -1.61. The molecule has 4 nitrogen and oxygen atoms in total. The lowest BCUT2D eigenvalue weighted by Crippen LogP contribution is -2.06. The van der Waals surface area contributed by atoms with Crippen molar-refractivity contribution in [1.29, 1.82) is 0 Å². The van der Waals surface area contributed by atoms with Crippen LogP contribution in [-0.4, -0.2) is 15.0 Å². The summed E-state index contributed by atoms with van der Waals surface area (Å²) in [6, 6.07) is 10.5. The molecule has 0 aliphatic heterocycles. The fourth-order valence-electron chi connectivity index (χ4n) is 2.79. The summed E-state index contributed by atoms with van der Waals surface area (Å²) in [5.41, 5.74) is 1.87. The van der Waals surface area contributed by atoms with Gasteiger partial charge in [-0.2, -0.15) is 0 Å². The normalized spacial score (nSPS) is 11.0. The minimum Gasteiger partial charge on any atom is -0.313 e. The van der Waals surface area contributed by atoms with E-state index < -0.39 is 11.6 Å². The van der Waals surface area contributed by atoms with Crippen molar-refractivity contribution in [3.05, 3.63) is 82.0 Å². The second-order valence-corrected chi connectivity index (χ2v) is 6.02. The van der Waals surface area contributed by atoms with Crippen molar-refractivity contribution in [2.45, 2.75) is 0 Å². The zero-order valence-electron chi connectivity index (χ0n) is 13.1. The summed E-state index contributed by atoms with van der Waals surface area (Å²) in [4.78, 5) is 22.9. The number of nitrogens with one attached hydrogen (secondary N) is 1. The third-order valence-electron chi connectivity index (χ3n) is 4.02. The molecule has 4 aromatic rings. The van der Waals surface area contributed by atoms with Gasteiger partial charge in [0, 0.05) is 23.4 Å². The van der Waals surface area contributed by atoms with Crippen molar-refractivity contribution in [1.82, 2.24) is 15.0 Å². The van der Waals surface area contributed by atoms with Crippen LogP contribution >= 0.6 is 11.6 Å². The average Bonchev–Trinajstić information content (AvgIpc) is 2.65. The molecular formula is C19H10ClF2N3O. The highest BCUT2D eigenvalue weighted by atomic mass is 35.5. The van der Waals surface area contributed by atoms with E-state index in [1.54, 1.807) is 30.3 Å². The molecule has 128 valence electrons. The standard InChI is InChI=1S/C19H10ClF2N3O/c20-14-7-12(15(21)8-16(14)22)18-11(2-1-5-23-18)10-3-4-17-13(6-10)19(26)25-9-24-17/h1-9H,(H,24,25,26). The van der Waals surface area contributed by atoms with E-state index >= 15 is 0 Å². The molecular weight excluding hydrogens is 360 g/mol. The van der Waals surface area contributed by atoms with E-state index in [9.17, 15) is 13.6 Å². The van der Waals surface area contributed by atoms with Gasteiger partial charge >= 0.3 is 0 Å². The predicted molar refractivity (Wildman–Crippen MR) is 96.0 cm³/mol. The molecule has 0 fully saturated rings. The van der Waals surface area contributed by atoms with Gasteiger partial charge in [-0.05, 0) is 29.8 Å². The van der Waals surface area contributed by atoms with Gasteiger partial charge in [-0.15, -0.1) is 0 Å². The molecule has 0 spiro atoms. The van der Waals surface area contributed by atoms with E-state index in [0.717, 1.165) is 6.07 Å². The summed E-state index contributed by atoms with van der Waals surface area (Å²) >= 11 is 5.81. The first-order chi connectivity index (χ1) is 12.5. The van der Waals surface area contributed by atoms with Crippen LogP contribution in [0.15, 0.2) is 59.8 Å². The molecule has 0 amide bonds. The van der Waals surface area contributed by atoms with Crippen LogP contribution in [0.5, 0.6) is 0 Å². The van der Waals surface area contributed by atoms with Gasteiger partial charge in [0.2, 0.25) is 0 Å². The number of aromatic amines is 1. The number of H-pyrrole nitrogens is 1. The van der Waals surface area contributed by atoms with Gasteiger partial charge in [-0.1, -0.05) is 23.7 Å². The highest BCUT2D eigenvalue weighted by Gasteiger charge is 2.16. The maximum atomic E-state index is 14.3. The molecule has 0 unspecified atom stereocenters. The molecule has 0 radical (unpaired) electrons. The maximum absolute atomic E-state index is 14.3. The minimum absolute atomic E-state index is 0.0761. The lowest BCUT2D eigenvalue weighted by Gasteiger charge is -2.11. The van der Waals surface area contributed by atoms with Crippen molar-refractivity contribution < 1.29 is 8.78 Å². The number of benzene rings is 2. The van der Waals surface area contributed by atoms with Crippen LogP contribution in [0.1, 0.15) is 0 Å². The van der Waals surface area contributed by atoms with Crippen molar-refractivity contribution in [2.24, 2.45) is 0 Å². The first kappa shape index (κ1) is 16.4. The molecule has 0 saturated heterocycles. The summed E-state index contributed by atoms with van der Waals surface area (Å²) in [6.07, 6.45) is 2.83. The van der Waals surface area contributed by atoms with E-state index in [2.05, 4.69) is 15.0 Å². The summed E-state index contributed by atoms with van der Waals surface area (Å²) < 4.78 is 27.8. The average molecular weight is 370 g/mol. The topological polar surface area (TPSA) is 58.6 Å². The summed E-state index contributed by atoms with van der Waals surface area (Å²) in [6.45, 7) is 0. The van der Waals surface area contributed by atoms with Gasteiger partial charge in [-0.3, -0.25) is 9.78 Å². The molecule has 0 saturated carbocycles. The van der Waals surface area contributed by atoms with Gasteiger partial charge in [0.25, 0.3) is 5.56 Å². The van der Waals surface area contributed by atoms with Gasteiger partial charge in [0.05, 0.1) is 27.9 Å². The van der Waals surface area contributed by atoms with Crippen LogP contribution in [0.4, 0.5) is 8.78 Å². The second kappa shape index (κ2) is 6.31. The minimum atomic E-state index is -0.839. The van der Waals surface area contributed by atoms with Gasteiger partial charge in [-0.25, -0.2) is 13.8 Å². The largest absolute Gasteiger partial charge is 0.313 e. The Morgan fingerprint density at radius 2 is 1.81 bits per heavy atom. The molecule has 0 aliphatic carbocycles. The third kappa shape index (κ3) is 2.74. The fraction of sp³-hybridized carbons (Fsp3) is 0. The number of fused-ring (bicyclic) bond motifs is 1. The van der Waals surface area contributed by atoms with Crippen LogP contribution < -0.4 is 5.56 Å². The fourth-order valence-corrected chi connectivity index (χ4v) is 2.96. The van der Waals surface area contributed by atoms with Crippen LogP contribution in [0.3, 0.4) is 0 Å². The van der Waals surface area contributed by atoms with Gasteiger partial charge < -0.3 is 4.98 Å². The number of nitrogens with zero attached hydrogens (tertiary/aromatic N) is 2. The zero-order valence-corrected chi connectivity index (χ0v) is 13.9. The molecule has 0 bridgehead atoms. The van der Waals surface area contributed by atoms with Crippen LogP contribution in [0.2, 0.25) is 5.02 Å². The Labute approximate surface area is 151 Å². The van der Waals surface area contributed by atoms with Crippen molar-refractivity contribution in [3.8, 4) is 22.4 Å². The Morgan fingerprint density at radius 3 is 2.65 bits per heavy atom. The quantitative estimate of drug-likeness (QED) is 0.526. The van der Waals surface area contributed by atoms with Gasteiger partial charge in [0.1, 0.15) is 11.6 Å². The molecule has 2 aromatic heterocycles. The Kier molecular flexibility index (Phi) is 3.97. The lowest BCUT2D eigenvalue weighted by atomic mass is 9.98. The molecule has 4 rings (SSSR count). The van der Waals surface area contributed by atoms with E-state index in [-0.39, 0.29) is 16.1 Å². The van der Waals surface area contributed by atoms with E-state index in [0.29, 0.717) is 27.7 Å². The zero-order chi connectivity index (χ0) is 18.3. The molecule has 0 aliphatic rings. The SMILES string of the molecule is O=c1[nH]cnc2ccc(-c3cccnc3-c3cc(Cl)c(F)cc3F)cc12. The summed E-state index contributed by atoms with van der Waals surface area (Å²) in [7, 11) is 0. The monoisotopic (exact) mass is 369 g/mol. The maximum Gasteiger partial charge on any atom is 0.258 e. The Bertz CT molecular complexity index is 1210. The Hall–Kier alpha value is -3.12. The highest BCUT2D eigenvalue weighted by molar-refractivity contribution is 6.31. The van der Waals surface area contributed by atoms with E-state index in [1.807, 2.05) is 0 Å².